The molecule has 0 amide bonds. The van der Waals surface area contributed by atoms with E-state index >= 15 is 0 Å². The summed E-state index contributed by atoms with van der Waals surface area (Å²) >= 11 is 0. The summed E-state index contributed by atoms with van der Waals surface area (Å²) in [6, 6.07) is 78.3. The molecule has 60 heavy (non-hydrogen) atoms. The predicted molar refractivity (Wildman–Crippen MR) is 255 cm³/mol. The highest BCUT2D eigenvalue weighted by Gasteiger charge is 2.18. The molecule has 11 aromatic rings. The van der Waals surface area contributed by atoms with Crippen molar-refractivity contribution in [2.75, 3.05) is 0 Å². The Morgan fingerprint density at radius 3 is 1.32 bits per heavy atom. The number of hydrogen-bond acceptors (Lipinski definition) is 0. The highest BCUT2D eigenvalue weighted by Crippen LogP contribution is 2.40. The third-order valence-corrected chi connectivity index (χ3v) is 12.3. The Morgan fingerprint density at radius 2 is 0.733 bits per heavy atom. The lowest BCUT2D eigenvalue weighted by Gasteiger charge is -2.14. The third-order valence-electron chi connectivity index (χ3n) is 12.3. The Labute approximate surface area is 351 Å². The van der Waals surface area contributed by atoms with Gasteiger partial charge in [0.05, 0.1) is 22.1 Å². The number of benzene rings is 9. The first-order chi connectivity index (χ1) is 29.7. The van der Waals surface area contributed by atoms with Gasteiger partial charge in [-0.25, -0.2) is 0 Å². The Balaban J connectivity index is 1.05. The van der Waals surface area contributed by atoms with Gasteiger partial charge in [0.2, 0.25) is 0 Å². The van der Waals surface area contributed by atoms with E-state index in [9.17, 15) is 0 Å². The van der Waals surface area contributed by atoms with Gasteiger partial charge in [-0.3, -0.25) is 0 Å². The second kappa shape index (κ2) is 15.1. The molecule has 0 atom stereocenters. The van der Waals surface area contributed by atoms with E-state index in [-0.39, 0.29) is 0 Å². The zero-order valence-electron chi connectivity index (χ0n) is 33.7. The lowest BCUT2D eigenvalue weighted by Crippen LogP contribution is -1.96. The maximum absolute atomic E-state index is 2.46. The second-order valence-electron chi connectivity index (χ2n) is 16.0. The lowest BCUT2D eigenvalue weighted by atomic mass is 9.96. The smallest absolute Gasteiger partial charge is 0.0541 e. The Hall–Kier alpha value is -7.42. The number of rotatable bonds is 9. The van der Waals surface area contributed by atoms with Gasteiger partial charge in [-0.1, -0.05) is 159 Å². The Bertz CT molecular complexity index is 3330. The summed E-state index contributed by atoms with van der Waals surface area (Å²) in [5.41, 5.74) is 18.2. The molecule has 286 valence electrons. The molecule has 0 fully saturated rings. The van der Waals surface area contributed by atoms with Crippen molar-refractivity contribution in [1.29, 1.82) is 0 Å². The van der Waals surface area contributed by atoms with Crippen molar-refractivity contribution >= 4 is 43.6 Å². The SMILES string of the molecule is CCCCc1ccc(-c2cc(-c3ccccc3)cc(-n3c4ccccc4c4cc(-c5ccc6c(c5)c5ccccc5n6-c5cccc(-c6ccccc6)c5)ccc43)c2)cc1. The minimum atomic E-state index is 1.12. The third kappa shape index (κ3) is 6.29. The van der Waals surface area contributed by atoms with Gasteiger partial charge in [0.1, 0.15) is 0 Å². The van der Waals surface area contributed by atoms with Crippen molar-refractivity contribution in [2.24, 2.45) is 0 Å². The van der Waals surface area contributed by atoms with Crippen LogP contribution in [0.3, 0.4) is 0 Å². The second-order valence-corrected chi connectivity index (χ2v) is 16.0. The van der Waals surface area contributed by atoms with Crippen LogP contribution in [0.1, 0.15) is 25.3 Å². The molecular formula is C58H44N2. The molecule has 9 aromatic carbocycles. The first-order valence-corrected chi connectivity index (χ1v) is 21.2. The summed E-state index contributed by atoms with van der Waals surface area (Å²) in [5.74, 6) is 0. The maximum Gasteiger partial charge on any atom is 0.0541 e. The van der Waals surface area contributed by atoms with Gasteiger partial charge in [0.25, 0.3) is 0 Å². The van der Waals surface area contributed by atoms with E-state index < -0.39 is 0 Å². The largest absolute Gasteiger partial charge is 0.309 e. The zero-order chi connectivity index (χ0) is 40.0. The van der Waals surface area contributed by atoms with Gasteiger partial charge in [0, 0.05) is 32.9 Å². The minimum Gasteiger partial charge on any atom is -0.309 e. The van der Waals surface area contributed by atoms with E-state index in [4.69, 9.17) is 0 Å². The first-order valence-electron chi connectivity index (χ1n) is 21.2. The monoisotopic (exact) mass is 768 g/mol. The average molecular weight is 769 g/mol. The number of nitrogens with zero attached hydrogens (tertiary/aromatic N) is 2. The molecule has 0 aliphatic rings. The molecule has 0 saturated carbocycles. The summed E-state index contributed by atoms with van der Waals surface area (Å²) in [6.07, 6.45) is 3.54. The molecule has 2 nitrogen and oxygen atoms in total. The molecular weight excluding hydrogens is 725 g/mol. The number of fused-ring (bicyclic) bond motifs is 6. The van der Waals surface area contributed by atoms with Gasteiger partial charge >= 0.3 is 0 Å². The van der Waals surface area contributed by atoms with Crippen LogP contribution in [0.25, 0.3) is 99.5 Å². The average Bonchev–Trinajstić information content (AvgIpc) is 3.84. The summed E-state index contributed by atoms with van der Waals surface area (Å²) in [5, 5.41) is 4.99. The van der Waals surface area contributed by atoms with Gasteiger partial charge in [-0.05, 0) is 130 Å². The molecule has 2 heterocycles. The van der Waals surface area contributed by atoms with Crippen LogP contribution in [0.15, 0.2) is 212 Å². The number of aromatic nitrogens is 2. The molecule has 0 unspecified atom stereocenters. The van der Waals surface area contributed by atoms with Crippen LogP contribution in [-0.2, 0) is 6.42 Å². The van der Waals surface area contributed by atoms with Crippen LogP contribution < -0.4 is 0 Å². The molecule has 0 saturated heterocycles. The van der Waals surface area contributed by atoms with Gasteiger partial charge < -0.3 is 9.13 Å². The van der Waals surface area contributed by atoms with E-state index in [1.165, 1.54) is 107 Å². The number of unbranched alkanes of at least 4 members (excludes halogenated alkanes) is 1. The fourth-order valence-corrected chi connectivity index (χ4v) is 9.27. The Kier molecular flexibility index (Phi) is 8.97. The Morgan fingerprint density at radius 1 is 0.300 bits per heavy atom. The maximum atomic E-state index is 2.46. The van der Waals surface area contributed by atoms with Crippen molar-refractivity contribution in [3.05, 3.63) is 218 Å². The van der Waals surface area contributed by atoms with Gasteiger partial charge in [0.15, 0.2) is 0 Å². The predicted octanol–water partition coefficient (Wildman–Crippen LogP) is 15.9. The molecule has 0 aliphatic carbocycles. The minimum absolute atomic E-state index is 1.12. The van der Waals surface area contributed by atoms with E-state index in [2.05, 4.69) is 228 Å². The summed E-state index contributed by atoms with van der Waals surface area (Å²) in [7, 11) is 0. The van der Waals surface area contributed by atoms with E-state index in [1.54, 1.807) is 0 Å². The van der Waals surface area contributed by atoms with Gasteiger partial charge in [-0.15, -0.1) is 0 Å². The van der Waals surface area contributed by atoms with Crippen molar-refractivity contribution in [3.63, 3.8) is 0 Å². The first kappa shape index (κ1) is 35.7. The van der Waals surface area contributed by atoms with Crippen LogP contribution >= 0.6 is 0 Å². The zero-order valence-corrected chi connectivity index (χ0v) is 33.7. The lowest BCUT2D eigenvalue weighted by molar-refractivity contribution is 0.795. The van der Waals surface area contributed by atoms with Crippen LogP contribution in [-0.4, -0.2) is 9.13 Å². The number of para-hydroxylation sites is 2. The summed E-state index contributed by atoms with van der Waals surface area (Å²) in [6.45, 7) is 2.26. The van der Waals surface area contributed by atoms with E-state index in [0.717, 1.165) is 17.8 Å². The fourth-order valence-electron chi connectivity index (χ4n) is 9.27. The van der Waals surface area contributed by atoms with Crippen molar-refractivity contribution in [1.82, 2.24) is 9.13 Å². The summed E-state index contributed by atoms with van der Waals surface area (Å²) < 4.78 is 4.87. The molecule has 0 aliphatic heterocycles. The van der Waals surface area contributed by atoms with Crippen molar-refractivity contribution in [3.8, 4) is 55.9 Å². The number of hydrogen-bond donors (Lipinski definition) is 0. The van der Waals surface area contributed by atoms with Crippen molar-refractivity contribution in [2.45, 2.75) is 26.2 Å². The summed E-state index contributed by atoms with van der Waals surface area (Å²) in [4.78, 5) is 0. The molecule has 0 bridgehead atoms. The highest BCUT2D eigenvalue weighted by molar-refractivity contribution is 6.13. The fraction of sp³-hybridized carbons (Fsp3) is 0.0690. The van der Waals surface area contributed by atoms with Crippen molar-refractivity contribution < 1.29 is 0 Å². The molecule has 0 radical (unpaired) electrons. The molecule has 2 heteroatoms. The molecule has 0 N–H and O–H groups in total. The molecule has 11 rings (SSSR count). The van der Waals surface area contributed by atoms with Crippen LogP contribution in [0.4, 0.5) is 0 Å². The van der Waals surface area contributed by atoms with E-state index in [0.29, 0.717) is 0 Å². The standard InChI is InChI=1S/C58H44N2/c1-2-3-15-40-26-28-43(29-27-40)48-34-47(42-18-8-5-9-19-42)36-50(37-48)60-56-25-13-11-23-52(56)54-39-46(31-33-58(54)60)45-30-32-57-53(38-45)51-22-10-12-24-55(51)59(57)49-21-14-20-44(35-49)41-16-6-4-7-17-41/h4-14,16-39H,2-3,15H2,1H3. The number of aryl methyl sites for hydroxylation is 1. The molecule has 2 aromatic heterocycles. The topological polar surface area (TPSA) is 9.86 Å². The van der Waals surface area contributed by atoms with Gasteiger partial charge in [-0.2, -0.15) is 0 Å². The quantitative estimate of drug-likeness (QED) is 0.138. The highest BCUT2D eigenvalue weighted by atomic mass is 15.0. The van der Waals surface area contributed by atoms with Crippen LogP contribution in [0.2, 0.25) is 0 Å². The normalized spacial score (nSPS) is 11.6. The van der Waals surface area contributed by atoms with E-state index in [1.807, 2.05) is 0 Å². The molecule has 0 spiro atoms. The van der Waals surface area contributed by atoms with Crippen LogP contribution in [0, 0.1) is 0 Å². The van der Waals surface area contributed by atoms with Crippen LogP contribution in [0.5, 0.6) is 0 Å².